The molecule has 1 unspecified atom stereocenters. The van der Waals surface area contributed by atoms with Crippen molar-refractivity contribution in [3.63, 3.8) is 0 Å². The van der Waals surface area contributed by atoms with Gasteiger partial charge in [0.2, 0.25) is 0 Å². The Bertz CT molecular complexity index is 1110. The Labute approximate surface area is 186 Å². The summed E-state index contributed by atoms with van der Waals surface area (Å²) in [4.78, 5) is 25.7. The molecule has 3 heterocycles. The standard InChI is InChI=1S/C23H26ClN5O2/c1-3-31-23(30)27-10-11-28(15(2)12-27)21-20-19(16-4-5-16)13-29(22(20)26-14-25-21)18-8-6-17(24)7-9-18/h6-9,13-16H,3-5,10-12H2,1-2H3. The summed E-state index contributed by atoms with van der Waals surface area (Å²) in [5, 5.41) is 1.84. The predicted molar refractivity (Wildman–Crippen MR) is 121 cm³/mol. The summed E-state index contributed by atoms with van der Waals surface area (Å²) in [5.41, 5.74) is 3.25. The zero-order valence-electron chi connectivity index (χ0n) is 17.8. The van der Waals surface area contributed by atoms with Crippen molar-refractivity contribution in [2.75, 3.05) is 31.1 Å². The fourth-order valence-electron chi connectivity index (χ4n) is 4.45. The van der Waals surface area contributed by atoms with E-state index in [-0.39, 0.29) is 12.1 Å². The van der Waals surface area contributed by atoms with Gasteiger partial charge in [-0.15, -0.1) is 0 Å². The SMILES string of the molecule is CCOC(=O)N1CCN(c2ncnc3c2c(C2CC2)cn3-c2ccc(Cl)cc2)C(C)C1. The Morgan fingerprint density at radius 2 is 1.97 bits per heavy atom. The maximum Gasteiger partial charge on any atom is 0.409 e. The molecule has 8 heteroatoms. The number of nitrogens with zero attached hydrogens (tertiary/aromatic N) is 5. The molecule has 5 rings (SSSR count). The molecule has 0 bridgehead atoms. The number of amides is 1. The average Bonchev–Trinajstić information content (AvgIpc) is 3.54. The van der Waals surface area contributed by atoms with E-state index in [1.165, 1.54) is 18.4 Å². The average molecular weight is 440 g/mol. The normalized spacial score (nSPS) is 19.1. The largest absolute Gasteiger partial charge is 0.450 e. The number of ether oxygens (including phenoxy) is 1. The van der Waals surface area contributed by atoms with E-state index >= 15 is 0 Å². The number of hydrogen-bond donors (Lipinski definition) is 0. The van der Waals surface area contributed by atoms with E-state index in [1.807, 2.05) is 31.2 Å². The number of carbonyl (C=O) groups is 1. The van der Waals surface area contributed by atoms with E-state index in [9.17, 15) is 4.79 Å². The van der Waals surface area contributed by atoms with Gasteiger partial charge in [-0.2, -0.15) is 0 Å². The maximum atomic E-state index is 12.2. The van der Waals surface area contributed by atoms with Crippen LogP contribution < -0.4 is 4.90 Å². The van der Waals surface area contributed by atoms with Crippen LogP contribution in [0.1, 0.15) is 38.2 Å². The molecule has 7 nitrogen and oxygen atoms in total. The first kappa shape index (κ1) is 20.1. The summed E-state index contributed by atoms with van der Waals surface area (Å²) in [6.45, 7) is 6.30. The molecule has 1 aromatic carbocycles. The minimum absolute atomic E-state index is 0.127. The van der Waals surface area contributed by atoms with E-state index < -0.39 is 0 Å². The number of piperazine rings is 1. The second-order valence-electron chi connectivity index (χ2n) is 8.29. The van der Waals surface area contributed by atoms with Gasteiger partial charge >= 0.3 is 6.09 Å². The Balaban J connectivity index is 1.54. The fraction of sp³-hybridized carbons (Fsp3) is 0.435. The van der Waals surface area contributed by atoms with Crippen LogP contribution in [-0.4, -0.2) is 57.8 Å². The minimum atomic E-state index is -0.241. The van der Waals surface area contributed by atoms with Crippen LogP contribution in [0.15, 0.2) is 36.8 Å². The smallest absolute Gasteiger partial charge is 0.409 e. The molecule has 2 aliphatic rings. The van der Waals surface area contributed by atoms with Crippen molar-refractivity contribution in [1.82, 2.24) is 19.4 Å². The van der Waals surface area contributed by atoms with Crippen LogP contribution in [0.4, 0.5) is 10.6 Å². The van der Waals surface area contributed by atoms with Crippen LogP contribution in [0.25, 0.3) is 16.7 Å². The van der Waals surface area contributed by atoms with Crippen molar-refractivity contribution in [1.29, 1.82) is 0 Å². The summed E-state index contributed by atoms with van der Waals surface area (Å²) >= 11 is 6.10. The number of carbonyl (C=O) groups excluding carboxylic acids is 1. The molecular formula is C23H26ClN5O2. The second kappa shape index (κ2) is 8.04. The third-order valence-electron chi connectivity index (χ3n) is 6.14. The van der Waals surface area contributed by atoms with Gasteiger partial charge in [-0.05, 0) is 62.4 Å². The van der Waals surface area contributed by atoms with Gasteiger partial charge < -0.3 is 19.1 Å². The molecular weight excluding hydrogens is 414 g/mol. The molecule has 0 N–H and O–H groups in total. The number of rotatable bonds is 4. The third kappa shape index (κ3) is 3.71. The first-order valence-corrected chi connectivity index (χ1v) is 11.2. The summed E-state index contributed by atoms with van der Waals surface area (Å²) < 4.78 is 7.33. The lowest BCUT2D eigenvalue weighted by atomic mass is 10.1. The monoisotopic (exact) mass is 439 g/mol. The topological polar surface area (TPSA) is 63.5 Å². The quantitative estimate of drug-likeness (QED) is 0.593. The van der Waals surface area contributed by atoms with E-state index in [0.717, 1.165) is 22.5 Å². The number of benzene rings is 1. The summed E-state index contributed by atoms with van der Waals surface area (Å²) in [7, 11) is 0. The highest BCUT2D eigenvalue weighted by Crippen LogP contribution is 2.46. The Morgan fingerprint density at radius 3 is 2.65 bits per heavy atom. The van der Waals surface area contributed by atoms with Crippen molar-refractivity contribution < 1.29 is 9.53 Å². The van der Waals surface area contributed by atoms with Crippen molar-refractivity contribution in [2.24, 2.45) is 0 Å². The highest BCUT2D eigenvalue weighted by atomic mass is 35.5. The van der Waals surface area contributed by atoms with Gasteiger partial charge in [0, 0.05) is 42.6 Å². The van der Waals surface area contributed by atoms with Gasteiger partial charge in [-0.25, -0.2) is 14.8 Å². The van der Waals surface area contributed by atoms with E-state index in [2.05, 4.69) is 27.6 Å². The molecule has 162 valence electrons. The van der Waals surface area contributed by atoms with Crippen LogP contribution in [0.2, 0.25) is 5.02 Å². The molecule has 1 amide bonds. The number of aromatic nitrogens is 3. The second-order valence-corrected chi connectivity index (χ2v) is 8.72. The molecule has 0 spiro atoms. The molecule has 3 aromatic rings. The van der Waals surface area contributed by atoms with E-state index in [1.54, 1.807) is 11.2 Å². The summed E-state index contributed by atoms with van der Waals surface area (Å²) in [6.07, 6.45) is 6.00. The molecule has 0 radical (unpaired) electrons. The zero-order valence-corrected chi connectivity index (χ0v) is 18.5. The van der Waals surface area contributed by atoms with Crippen molar-refractivity contribution in [2.45, 2.75) is 38.6 Å². The van der Waals surface area contributed by atoms with Crippen molar-refractivity contribution in [3.05, 3.63) is 47.4 Å². The van der Waals surface area contributed by atoms with Crippen LogP contribution in [0.3, 0.4) is 0 Å². The Kier molecular flexibility index (Phi) is 5.22. The highest BCUT2D eigenvalue weighted by Gasteiger charge is 2.34. The number of fused-ring (bicyclic) bond motifs is 1. The fourth-order valence-corrected chi connectivity index (χ4v) is 4.57. The zero-order chi connectivity index (χ0) is 21.5. The van der Waals surface area contributed by atoms with Crippen LogP contribution in [0, 0.1) is 0 Å². The number of hydrogen-bond acceptors (Lipinski definition) is 5. The number of halogens is 1. The molecule has 1 saturated heterocycles. The molecule has 1 aliphatic heterocycles. The highest BCUT2D eigenvalue weighted by molar-refractivity contribution is 6.30. The molecule has 1 atom stereocenters. The molecule has 31 heavy (non-hydrogen) atoms. The van der Waals surface area contributed by atoms with E-state index in [0.29, 0.717) is 37.2 Å². The maximum absolute atomic E-state index is 12.2. The van der Waals surface area contributed by atoms with Crippen LogP contribution in [-0.2, 0) is 4.74 Å². The van der Waals surface area contributed by atoms with Gasteiger partial charge in [0.1, 0.15) is 17.8 Å². The lowest BCUT2D eigenvalue weighted by Crippen LogP contribution is -2.54. The van der Waals surface area contributed by atoms with Gasteiger partial charge in [-0.1, -0.05) is 11.6 Å². The number of anilines is 1. The molecule has 1 saturated carbocycles. The molecule has 2 fully saturated rings. The lowest BCUT2D eigenvalue weighted by Gasteiger charge is -2.40. The van der Waals surface area contributed by atoms with Gasteiger partial charge in [0.25, 0.3) is 0 Å². The Morgan fingerprint density at radius 1 is 1.19 bits per heavy atom. The minimum Gasteiger partial charge on any atom is -0.450 e. The molecule has 1 aliphatic carbocycles. The third-order valence-corrected chi connectivity index (χ3v) is 6.39. The van der Waals surface area contributed by atoms with Gasteiger partial charge in [-0.3, -0.25) is 0 Å². The lowest BCUT2D eigenvalue weighted by molar-refractivity contribution is 0.100. The van der Waals surface area contributed by atoms with E-state index in [4.69, 9.17) is 21.3 Å². The molecule has 2 aromatic heterocycles. The van der Waals surface area contributed by atoms with Gasteiger partial charge in [0.05, 0.1) is 12.0 Å². The summed E-state index contributed by atoms with van der Waals surface area (Å²) in [6, 6.07) is 7.96. The summed E-state index contributed by atoms with van der Waals surface area (Å²) in [5.74, 6) is 1.51. The first-order chi connectivity index (χ1) is 15.1. The van der Waals surface area contributed by atoms with Crippen LogP contribution >= 0.6 is 11.6 Å². The van der Waals surface area contributed by atoms with Crippen molar-refractivity contribution >= 4 is 34.5 Å². The van der Waals surface area contributed by atoms with Crippen LogP contribution in [0.5, 0.6) is 0 Å². The first-order valence-electron chi connectivity index (χ1n) is 10.9. The van der Waals surface area contributed by atoms with Gasteiger partial charge in [0.15, 0.2) is 0 Å². The Hall–Kier alpha value is -2.80. The van der Waals surface area contributed by atoms with Crippen molar-refractivity contribution in [3.8, 4) is 5.69 Å². The predicted octanol–water partition coefficient (Wildman–Crippen LogP) is 4.62.